The number of nitrogens with zero attached hydrogens (tertiary/aromatic N) is 1. The Morgan fingerprint density at radius 3 is 2.50 bits per heavy atom. The van der Waals surface area contributed by atoms with Crippen molar-refractivity contribution in [2.24, 2.45) is 5.92 Å². The zero-order chi connectivity index (χ0) is 9.80. The van der Waals surface area contributed by atoms with Gasteiger partial charge in [0.25, 0.3) is 0 Å². The smallest absolute Gasteiger partial charge is 0.0223 e. The summed E-state index contributed by atoms with van der Waals surface area (Å²) in [5, 5.41) is 3.65. The van der Waals surface area contributed by atoms with Gasteiger partial charge in [-0.25, -0.2) is 0 Å². The number of rotatable bonds is 5. The van der Waals surface area contributed by atoms with Crippen LogP contribution in [0.1, 0.15) is 39.0 Å². The van der Waals surface area contributed by atoms with E-state index < -0.39 is 0 Å². The number of likely N-dealkylation sites (tertiary alicyclic amines) is 1. The van der Waals surface area contributed by atoms with Crippen molar-refractivity contribution in [2.45, 2.75) is 45.1 Å². The van der Waals surface area contributed by atoms with Gasteiger partial charge >= 0.3 is 0 Å². The van der Waals surface area contributed by atoms with Gasteiger partial charge in [-0.3, -0.25) is 0 Å². The molecular formula is C12H24N2. The lowest BCUT2D eigenvalue weighted by atomic mass is 10.1. The number of nitrogens with one attached hydrogen (secondary N) is 1. The Balaban J connectivity index is 1.73. The van der Waals surface area contributed by atoms with Gasteiger partial charge in [-0.15, -0.1) is 0 Å². The molecule has 1 saturated carbocycles. The van der Waals surface area contributed by atoms with Crippen LogP contribution in [0, 0.1) is 5.92 Å². The molecule has 2 nitrogen and oxygen atoms in total. The summed E-state index contributed by atoms with van der Waals surface area (Å²) in [6.45, 7) is 7.35. The zero-order valence-electron chi connectivity index (χ0n) is 9.47. The molecule has 1 heterocycles. The van der Waals surface area contributed by atoms with Gasteiger partial charge < -0.3 is 10.2 Å². The van der Waals surface area contributed by atoms with Crippen LogP contribution in [-0.4, -0.2) is 37.1 Å². The number of likely N-dealkylation sites (N-methyl/N-ethyl adjacent to an activating group) is 1. The van der Waals surface area contributed by atoms with E-state index in [0.29, 0.717) is 0 Å². The van der Waals surface area contributed by atoms with Crippen molar-refractivity contribution in [3.05, 3.63) is 0 Å². The normalized spacial score (nSPS) is 26.4. The lowest BCUT2D eigenvalue weighted by molar-refractivity contribution is 0.198. The van der Waals surface area contributed by atoms with E-state index in [1.807, 2.05) is 0 Å². The fourth-order valence-electron chi connectivity index (χ4n) is 2.56. The Kier molecular flexibility index (Phi) is 3.82. The minimum absolute atomic E-state index is 0.790. The van der Waals surface area contributed by atoms with E-state index in [2.05, 4.69) is 17.1 Å². The average molecular weight is 196 g/mol. The highest BCUT2D eigenvalue weighted by Crippen LogP contribution is 2.33. The van der Waals surface area contributed by atoms with Crippen LogP contribution in [0.5, 0.6) is 0 Å². The van der Waals surface area contributed by atoms with Gasteiger partial charge in [0.15, 0.2) is 0 Å². The molecule has 0 bridgehead atoms. The summed E-state index contributed by atoms with van der Waals surface area (Å²) in [5.74, 6) is 0.997. The van der Waals surface area contributed by atoms with E-state index in [-0.39, 0.29) is 0 Å². The van der Waals surface area contributed by atoms with Crippen molar-refractivity contribution in [3.8, 4) is 0 Å². The molecule has 0 spiro atoms. The van der Waals surface area contributed by atoms with E-state index in [4.69, 9.17) is 0 Å². The van der Waals surface area contributed by atoms with Crippen molar-refractivity contribution in [1.82, 2.24) is 10.2 Å². The summed E-state index contributed by atoms with van der Waals surface area (Å²) in [6, 6.07) is 0.790. The topological polar surface area (TPSA) is 15.3 Å². The maximum Gasteiger partial charge on any atom is 0.0223 e. The number of piperidine rings is 1. The maximum absolute atomic E-state index is 3.65. The Hall–Kier alpha value is -0.0800. The first-order valence-electron chi connectivity index (χ1n) is 6.36. The van der Waals surface area contributed by atoms with E-state index >= 15 is 0 Å². The minimum Gasteiger partial charge on any atom is -0.313 e. The number of hydrogen-bond acceptors (Lipinski definition) is 2. The van der Waals surface area contributed by atoms with Crippen LogP contribution in [0.4, 0.5) is 0 Å². The highest BCUT2D eigenvalue weighted by Gasteiger charge is 2.31. The quantitative estimate of drug-likeness (QED) is 0.722. The highest BCUT2D eigenvalue weighted by atomic mass is 15.2. The van der Waals surface area contributed by atoms with Crippen molar-refractivity contribution in [3.63, 3.8) is 0 Å². The molecule has 82 valence electrons. The molecule has 0 amide bonds. The summed E-state index contributed by atoms with van der Waals surface area (Å²) >= 11 is 0. The van der Waals surface area contributed by atoms with Crippen molar-refractivity contribution in [2.75, 3.05) is 26.2 Å². The van der Waals surface area contributed by atoms with Gasteiger partial charge in [0, 0.05) is 12.6 Å². The molecule has 2 rings (SSSR count). The Morgan fingerprint density at radius 2 is 1.93 bits per heavy atom. The van der Waals surface area contributed by atoms with E-state index in [0.717, 1.165) is 18.5 Å². The third kappa shape index (κ3) is 2.96. The fraction of sp³-hybridized carbons (Fsp3) is 1.00. The predicted molar refractivity (Wildman–Crippen MR) is 60.5 cm³/mol. The third-order valence-electron chi connectivity index (χ3n) is 3.56. The second-order valence-electron chi connectivity index (χ2n) is 4.86. The minimum atomic E-state index is 0.790. The third-order valence-corrected chi connectivity index (χ3v) is 3.56. The van der Waals surface area contributed by atoms with Gasteiger partial charge in [-0.05, 0) is 51.2 Å². The molecule has 1 saturated heterocycles. The lowest BCUT2D eigenvalue weighted by Gasteiger charge is -2.30. The summed E-state index contributed by atoms with van der Waals surface area (Å²) in [5.41, 5.74) is 0. The maximum atomic E-state index is 3.65. The lowest BCUT2D eigenvalue weighted by Crippen LogP contribution is -2.44. The first-order chi connectivity index (χ1) is 6.90. The molecule has 0 aromatic heterocycles. The molecule has 0 aromatic carbocycles. The number of hydrogen-bond donors (Lipinski definition) is 1. The van der Waals surface area contributed by atoms with E-state index in [9.17, 15) is 0 Å². The first kappa shape index (κ1) is 10.4. The van der Waals surface area contributed by atoms with Crippen LogP contribution in [0.15, 0.2) is 0 Å². The van der Waals surface area contributed by atoms with Crippen LogP contribution in [0.3, 0.4) is 0 Å². The molecule has 0 radical (unpaired) electrons. The van der Waals surface area contributed by atoms with Crippen LogP contribution in [-0.2, 0) is 0 Å². The fourth-order valence-corrected chi connectivity index (χ4v) is 2.56. The molecule has 1 aliphatic heterocycles. The Bertz CT molecular complexity index is 160. The summed E-state index contributed by atoms with van der Waals surface area (Å²) in [7, 11) is 0. The molecular weight excluding hydrogens is 172 g/mol. The molecule has 14 heavy (non-hydrogen) atoms. The van der Waals surface area contributed by atoms with Gasteiger partial charge in [-0.2, -0.15) is 0 Å². The summed E-state index contributed by atoms with van der Waals surface area (Å²) in [6.07, 6.45) is 7.22. The Labute approximate surface area is 88.1 Å². The standard InChI is InChI=1S/C12H24N2/c1-2-13-12(11-6-7-11)10-14-8-4-3-5-9-14/h11-13H,2-10H2,1H3. The molecule has 2 aliphatic rings. The Morgan fingerprint density at radius 1 is 1.21 bits per heavy atom. The van der Waals surface area contributed by atoms with Crippen molar-refractivity contribution < 1.29 is 0 Å². The van der Waals surface area contributed by atoms with Crippen LogP contribution in [0.25, 0.3) is 0 Å². The largest absolute Gasteiger partial charge is 0.313 e. The molecule has 1 atom stereocenters. The zero-order valence-corrected chi connectivity index (χ0v) is 9.47. The van der Waals surface area contributed by atoms with Gasteiger partial charge in [0.2, 0.25) is 0 Å². The average Bonchev–Trinajstić information content (AvgIpc) is 3.02. The summed E-state index contributed by atoms with van der Waals surface area (Å²) < 4.78 is 0. The van der Waals surface area contributed by atoms with Crippen LogP contribution >= 0.6 is 0 Å². The first-order valence-corrected chi connectivity index (χ1v) is 6.36. The second-order valence-corrected chi connectivity index (χ2v) is 4.86. The highest BCUT2D eigenvalue weighted by molar-refractivity contribution is 4.88. The molecule has 2 heteroatoms. The summed E-state index contributed by atoms with van der Waals surface area (Å²) in [4.78, 5) is 2.66. The predicted octanol–water partition coefficient (Wildman–Crippen LogP) is 1.86. The molecule has 1 N–H and O–H groups in total. The van der Waals surface area contributed by atoms with Crippen LogP contribution in [0.2, 0.25) is 0 Å². The monoisotopic (exact) mass is 196 g/mol. The van der Waals surface area contributed by atoms with Crippen molar-refractivity contribution in [1.29, 1.82) is 0 Å². The van der Waals surface area contributed by atoms with Gasteiger partial charge in [-0.1, -0.05) is 13.3 Å². The molecule has 2 fully saturated rings. The molecule has 0 aromatic rings. The molecule has 1 unspecified atom stereocenters. The second kappa shape index (κ2) is 5.13. The van der Waals surface area contributed by atoms with E-state index in [1.54, 1.807) is 0 Å². The van der Waals surface area contributed by atoms with Gasteiger partial charge in [0.05, 0.1) is 0 Å². The van der Waals surface area contributed by atoms with Crippen LogP contribution < -0.4 is 5.32 Å². The van der Waals surface area contributed by atoms with E-state index in [1.165, 1.54) is 51.7 Å². The SMILES string of the molecule is CCNC(CN1CCCCC1)C1CC1. The van der Waals surface area contributed by atoms with Gasteiger partial charge in [0.1, 0.15) is 0 Å². The van der Waals surface area contributed by atoms with Crippen molar-refractivity contribution >= 4 is 0 Å². The molecule has 1 aliphatic carbocycles.